The van der Waals surface area contributed by atoms with Gasteiger partial charge in [-0.15, -0.1) is 0 Å². The van der Waals surface area contributed by atoms with E-state index >= 15 is 0 Å². The summed E-state index contributed by atoms with van der Waals surface area (Å²) < 4.78 is 29.7. The van der Waals surface area contributed by atoms with E-state index in [9.17, 15) is 8.42 Å². The zero-order valence-corrected chi connectivity index (χ0v) is 13.8. The number of nitriles is 1. The van der Waals surface area contributed by atoms with Crippen LogP contribution in [0.4, 0.5) is 0 Å². The fraction of sp³-hybridized carbons (Fsp3) is 0.400. The summed E-state index contributed by atoms with van der Waals surface area (Å²) in [4.78, 5) is 8.42. The molecule has 0 bridgehead atoms. The van der Waals surface area contributed by atoms with Crippen LogP contribution >= 0.6 is 0 Å². The van der Waals surface area contributed by atoms with Crippen LogP contribution in [-0.2, 0) is 23.0 Å². The first-order chi connectivity index (χ1) is 10.9. The van der Waals surface area contributed by atoms with Crippen LogP contribution < -0.4 is 4.72 Å². The second-order valence-corrected chi connectivity index (χ2v) is 7.44. The molecule has 1 atom stereocenters. The van der Waals surface area contributed by atoms with Gasteiger partial charge in [0.05, 0.1) is 17.0 Å². The summed E-state index contributed by atoms with van der Waals surface area (Å²) in [6, 6.07) is 3.12. The molecule has 1 aliphatic heterocycles. The van der Waals surface area contributed by atoms with E-state index in [2.05, 4.69) is 14.7 Å². The van der Waals surface area contributed by atoms with E-state index in [-0.39, 0.29) is 16.5 Å². The Bertz CT molecular complexity index is 895. The fourth-order valence-electron chi connectivity index (χ4n) is 2.74. The van der Waals surface area contributed by atoms with Crippen molar-refractivity contribution in [2.45, 2.75) is 44.2 Å². The van der Waals surface area contributed by atoms with Crippen molar-refractivity contribution in [2.75, 3.05) is 0 Å². The first-order valence-corrected chi connectivity index (χ1v) is 8.79. The van der Waals surface area contributed by atoms with E-state index in [1.807, 2.05) is 23.8 Å². The van der Waals surface area contributed by atoms with E-state index in [0.717, 1.165) is 17.9 Å². The first kappa shape index (κ1) is 15.6. The van der Waals surface area contributed by atoms with Crippen LogP contribution in [0.25, 0.3) is 0 Å². The molecule has 0 aliphatic carbocycles. The highest BCUT2D eigenvalue weighted by molar-refractivity contribution is 7.89. The second kappa shape index (κ2) is 5.76. The molecule has 0 unspecified atom stereocenters. The van der Waals surface area contributed by atoms with Crippen molar-refractivity contribution in [1.29, 1.82) is 5.26 Å². The summed E-state index contributed by atoms with van der Waals surface area (Å²) in [5.74, 6) is 0.988. The van der Waals surface area contributed by atoms with Crippen molar-refractivity contribution >= 4 is 10.0 Å². The third-order valence-electron chi connectivity index (χ3n) is 3.93. The molecule has 1 aliphatic rings. The van der Waals surface area contributed by atoms with E-state index in [0.29, 0.717) is 18.7 Å². The summed E-state index contributed by atoms with van der Waals surface area (Å²) in [5.41, 5.74) is 1.72. The molecule has 7 nitrogen and oxygen atoms in total. The average Bonchev–Trinajstić information content (AvgIpc) is 2.86. The van der Waals surface area contributed by atoms with E-state index in [4.69, 9.17) is 5.26 Å². The van der Waals surface area contributed by atoms with Crippen LogP contribution in [0.3, 0.4) is 0 Å². The molecule has 0 radical (unpaired) electrons. The first-order valence-electron chi connectivity index (χ1n) is 7.31. The van der Waals surface area contributed by atoms with Gasteiger partial charge < -0.3 is 4.57 Å². The van der Waals surface area contributed by atoms with Gasteiger partial charge >= 0.3 is 0 Å². The molecule has 120 valence electrons. The van der Waals surface area contributed by atoms with Gasteiger partial charge in [-0.05, 0) is 26.3 Å². The van der Waals surface area contributed by atoms with Gasteiger partial charge in [0.1, 0.15) is 16.8 Å². The number of pyridine rings is 1. The number of aromatic nitrogens is 3. The van der Waals surface area contributed by atoms with E-state index < -0.39 is 10.0 Å². The molecule has 1 N–H and O–H groups in total. The van der Waals surface area contributed by atoms with Crippen molar-refractivity contribution in [3.05, 3.63) is 41.2 Å². The van der Waals surface area contributed by atoms with Crippen LogP contribution in [-0.4, -0.2) is 29.0 Å². The molecule has 0 amide bonds. The highest BCUT2D eigenvalue weighted by Crippen LogP contribution is 2.18. The molecule has 2 aromatic heterocycles. The predicted molar refractivity (Wildman–Crippen MR) is 83.1 cm³/mol. The lowest BCUT2D eigenvalue weighted by Crippen LogP contribution is -2.40. The Morgan fingerprint density at radius 1 is 1.43 bits per heavy atom. The SMILES string of the molecule is Cc1cn2c(n1)CC[C@@H](NS(=O)(=O)c1cnc(C)c(C#N)c1)C2. The zero-order valence-electron chi connectivity index (χ0n) is 12.9. The van der Waals surface area contributed by atoms with Gasteiger partial charge in [-0.3, -0.25) is 4.98 Å². The second-order valence-electron chi connectivity index (χ2n) is 5.72. The van der Waals surface area contributed by atoms with Crippen LogP contribution in [0.15, 0.2) is 23.4 Å². The van der Waals surface area contributed by atoms with Gasteiger partial charge in [-0.25, -0.2) is 18.1 Å². The standard InChI is InChI=1S/C15H17N5O2S/c1-10-8-20-9-13(3-4-15(20)18-10)19-23(21,22)14-5-12(6-16)11(2)17-7-14/h5,7-8,13,19H,3-4,9H2,1-2H3/t13-/m1/s1. The number of imidazole rings is 1. The molecule has 0 fully saturated rings. The number of nitrogens with one attached hydrogen (secondary N) is 1. The molecule has 0 spiro atoms. The van der Waals surface area contributed by atoms with E-state index in [1.54, 1.807) is 6.92 Å². The predicted octanol–water partition coefficient (Wildman–Crippen LogP) is 1.06. The number of aryl methyl sites for hydroxylation is 3. The highest BCUT2D eigenvalue weighted by Gasteiger charge is 2.25. The molecule has 2 aromatic rings. The molecule has 23 heavy (non-hydrogen) atoms. The quantitative estimate of drug-likeness (QED) is 0.906. The average molecular weight is 331 g/mol. The van der Waals surface area contributed by atoms with Crippen molar-refractivity contribution < 1.29 is 8.42 Å². The Kier molecular flexibility index (Phi) is 3.92. The smallest absolute Gasteiger partial charge is 0.242 e. The maximum Gasteiger partial charge on any atom is 0.242 e. The van der Waals surface area contributed by atoms with Crippen LogP contribution in [0.5, 0.6) is 0 Å². The van der Waals surface area contributed by atoms with Crippen molar-refractivity contribution in [1.82, 2.24) is 19.3 Å². The summed E-state index contributed by atoms with van der Waals surface area (Å²) in [6.07, 6.45) is 4.64. The lowest BCUT2D eigenvalue weighted by molar-refractivity contribution is 0.421. The molecular formula is C15H17N5O2S. The Morgan fingerprint density at radius 2 is 2.22 bits per heavy atom. The minimum atomic E-state index is -3.70. The molecule has 3 heterocycles. The fourth-order valence-corrected chi connectivity index (χ4v) is 3.98. The summed E-state index contributed by atoms with van der Waals surface area (Å²) in [5, 5.41) is 9.03. The van der Waals surface area contributed by atoms with Crippen LogP contribution in [0.2, 0.25) is 0 Å². The van der Waals surface area contributed by atoms with Gasteiger partial charge in [-0.2, -0.15) is 5.26 Å². The molecule has 0 aromatic carbocycles. The number of sulfonamides is 1. The topological polar surface area (TPSA) is 101 Å². The molecule has 8 heteroatoms. The molecule has 0 saturated carbocycles. The minimum Gasteiger partial charge on any atom is -0.333 e. The summed E-state index contributed by atoms with van der Waals surface area (Å²) in [7, 11) is -3.70. The maximum atomic E-state index is 12.5. The molecule has 0 saturated heterocycles. The lowest BCUT2D eigenvalue weighted by Gasteiger charge is -2.24. The van der Waals surface area contributed by atoms with Crippen molar-refractivity contribution in [2.24, 2.45) is 0 Å². The van der Waals surface area contributed by atoms with Crippen LogP contribution in [0.1, 0.15) is 29.2 Å². The monoisotopic (exact) mass is 331 g/mol. The minimum absolute atomic E-state index is 0.0206. The van der Waals surface area contributed by atoms with Gasteiger partial charge in [0.15, 0.2) is 0 Å². The normalized spacial score (nSPS) is 17.5. The Labute approximate surface area is 135 Å². The van der Waals surface area contributed by atoms with Gasteiger partial charge in [-0.1, -0.05) is 0 Å². The van der Waals surface area contributed by atoms with E-state index in [1.165, 1.54) is 12.3 Å². The number of fused-ring (bicyclic) bond motifs is 1. The number of rotatable bonds is 3. The lowest BCUT2D eigenvalue weighted by atomic mass is 10.1. The Balaban J connectivity index is 1.81. The van der Waals surface area contributed by atoms with Crippen molar-refractivity contribution in [3.63, 3.8) is 0 Å². The third-order valence-corrected chi connectivity index (χ3v) is 5.41. The summed E-state index contributed by atoms with van der Waals surface area (Å²) >= 11 is 0. The van der Waals surface area contributed by atoms with Gasteiger partial charge in [0, 0.05) is 31.4 Å². The van der Waals surface area contributed by atoms with Crippen molar-refractivity contribution in [3.8, 4) is 6.07 Å². The molecular weight excluding hydrogens is 314 g/mol. The van der Waals surface area contributed by atoms with Gasteiger partial charge in [0.2, 0.25) is 10.0 Å². The number of hydrogen-bond donors (Lipinski definition) is 1. The number of nitrogens with zero attached hydrogens (tertiary/aromatic N) is 4. The zero-order chi connectivity index (χ0) is 16.6. The Morgan fingerprint density at radius 3 is 2.96 bits per heavy atom. The maximum absolute atomic E-state index is 12.5. The summed E-state index contributed by atoms with van der Waals surface area (Å²) in [6.45, 7) is 4.15. The highest BCUT2D eigenvalue weighted by atomic mass is 32.2. The number of hydrogen-bond acceptors (Lipinski definition) is 5. The van der Waals surface area contributed by atoms with Crippen LogP contribution in [0, 0.1) is 25.2 Å². The Hall–Kier alpha value is -2.24. The third kappa shape index (κ3) is 3.11. The van der Waals surface area contributed by atoms with Gasteiger partial charge in [0.25, 0.3) is 0 Å². The molecule has 3 rings (SSSR count). The largest absolute Gasteiger partial charge is 0.333 e.